The topological polar surface area (TPSA) is 73.9 Å². The smallest absolute Gasteiger partial charge is 0.433 e. The van der Waals surface area contributed by atoms with Crippen LogP contribution in [0.3, 0.4) is 0 Å². The van der Waals surface area contributed by atoms with Gasteiger partial charge in [-0.05, 0) is 44.4 Å². The fourth-order valence-corrected chi connectivity index (χ4v) is 2.73. The Hall–Kier alpha value is -2.73. The van der Waals surface area contributed by atoms with Crippen molar-refractivity contribution in [2.45, 2.75) is 44.4 Å². The lowest BCUT2D eigenvalue weighted by Gasteiger charge is -2.31. The average molecular weight is 427 g/mol. The number of carbonyl (C=O) groups is 2. The van der Waals surface area contributed by atoms with Crippen molar-refractivity contribution < 1.29 is 37.0 Å². The van der Waals surface area contributed by atoms with Gasteiger partial charge in [-0.1, -0.05) is 11.8 Å². The number of anilines is 1. The predicted molar refractivity (Wildman–Crippen MR) is 103 cm³/mol. The van der Waals surface area contributed by atoms with Crippen LogP contribution in [0.2, 0.25) is 0 Å². The molecule has 0 bridgehead atoms. The number of esters is 1. The maximum Gasteiger partial charge on any atom is 0.433 e. The van der Waals surface area contributed by atoms with Gasteiger partial charge in [-0.3, -0.25) is 9.59 Å². The summed E-state index contributed by atoms with van der Waals surface area (Å²) in [4.78, 5) is 22.3. The molecule has 9 heteroatoms. The highest BCUT2D eigenvalue weighted by Crippen LogP contribution is 2.46. The summed E-state index contributed by atoms with van der Waals surface area (Å²) in [5, 5.41) is 2.27. The molecule has 0 radical (unpaired) electrons. The molecule has 1 aromatic carbocycles. The maximum atomic E-state index is 14.1. The summed E-state index contributed by atoms with van der Waals surface area (Å²) in [5.41, 5.74) is -3.39. The number of amides is 1. The Labute approximate surface area is 173 Å². The second-order valence-corrected chi connectivity index (χ2v) is 6.65. The zero-order valence-corrected chi connectivity index (χ0v) is 16.8. The monoisotopic (exact) mass is 427 g/mol. The molecule has 30 heavy (non-hydrogen) atoms. The number of hydrogen-bond donors (Lipinski definition) is 1. The van der Waals surface area contributed by atoms with Crippen molar-refractivity contribution in [3.63, 3.8) is 0 Å². The van der Waals surface area contributed by atoms with E-state index >= 15 is 0 Å². The van der Waals surface area contributed by atoms with E-state index in [-0.39, 0.29) is 54.9 Å². The van der Waals surface area contributed by atoms with Gasteiger partial charge in [-0.2, -0.15) is 13.2 Å². The van der Waals surface area contributed by atoms with Crippen molar-refractivity contribution in [3.8, 4) is 17.6 Å². The molecule has 164 valence electrons. The molecular weight excluding hydrogens is 403 g/mol. The fourth-order valence-electron chi connectivity index (χ4n) is 2.73. The normalized spacial score (nSPS) is 15.4. The quantitative estimate of drug-likeness (QED) is 0.266. The van der Waals surface area contributed by atoms with Crippen LogP contribution >= 0.6 is 0 Å². The summed E-state index contributed by atoms with van der Waals surface area (Å²) in [6.45, 7) is 2.06. The van der Waals surface area contributed by atoms with Crippen LogP contribution in [0.1, 0.15) is 38.2 Å². The molecule has 0 aliphatic heterocycles. The number of rotatable bonds is 10. The first-order valence-corrected chi connectivity index (χ1v) is 9.55. The van der Waals surface area contributed by atoms with E-state index in [4.69, 9.17) is 14.2 Å². The molecule has 1 atom stereocenters. The highest BCUT2D eigenvalue weighted by molar-refractivity contribution is 5.75. The third kappa shape index (κ3) is 5.89. The van der Waals surface area contributed by atoms with Gasteiger partial charge in [0.1, 0.15) is 5.75 Å². The Morgan fingerprint density at radius 3 is 2.63 bits per heavy atom. The minimum atomic E-state index is -4.87. The van der Waals surface area contributed by atoms with E-state index in [1.54, 1.807) is 6.92 Å². The van der Waals surface area contributed by atoms with Gasteiger partial charge >= 0.3 is 12.1 Å². The van der Waals surface area contributed by atoms with E-state index in [2.05, 4.69) is 17.2 Å². The highest BCUT2D eigenvalue weighted by Gasteiger charge is 2.57. The van der Waals surface area contributed by atoms with E-state index in [1.807, 2.05) is 0 Å². The zero-order valence-electron chi connectivity index (χ0n) is 16.8. The number of halogens is 3. The molecule has 1 unspecified atom stereocenters. The lowest BCUT2D eigenvalue weighted by molar-refractivity contribution is -0.250. The molecule has 1 saturated carbocycles. The van der Waals surface area contributed by atoms with Crippen LogP contribution in [0.4, 0.5) is 18.9 Å². The highest BCUT2D eigenvalue weighted by atomic mass is 19.4. The summed E-state index contributed by atoms with van der Waals surface area (Å²) in [6, 6.07) is 3.86. The van der Waals surface area contributed by atoms with Crippen LogP contribution in [0.5, 0.6) is 5.75 Å². The van der Waals surface area contributed by atoms with Gasteiger partial charge in [0.05, 0.1) is 13.2 Å². The largest absolute Gasteiger partial charge is 0.494 e. The van der Waals surface area contributed by atoms with Crippen molar-refractivity contribution in [2.24, 2.45) is 5.92 Å². The number of methoxy groups -OCH3 is 1. The van der Waals surface area contributed by atoms with Crippen LogP contribution in [0, 0.1) is 17.8 Å². The summed E-state index contributed by atoms with van der Waals surface area (Å²) in [7, 11) is 0.923. The van der Waals surface area contributed by atoms with E-state index in [0.29, 0.717) is 6.42 Å². The second kappa shape index (κ2) is 10.3. The molecule has 0 aromatic heterocycles. The first-order chi connectivity index (χ1) is 14.3. The molecule has 0 spiro atoms. The van der Waals surface area contributed by atoms with Crippen LogP contribution in [-0.4, -0.2) is 38.9 Å². The van der Waals surface area contributed by atoms with Crippen LogP contribution in [0.25, 0.3) is 0 Å². The first kappa shape index (κ1) is 23.5. The van der Waals surface area contributed by atoms with Crippen LogP contribution < -0.4 is 10.1 Å². The fraction of sp³-hybridized carbons (Fsp3) is 0.524. The molecule has 1 aliphatic rings. The molecule has 0 heterocycles. The maximum absolute atomic E-state index is 14.1. The van der Waals surface area contributed by atoms with Gasteiger partial charge in [0.25, 0.3) is 5.60 Å². The molecule has 1 fully saturated rings. The van der Waals surface area contributed by atoms with Crippen molar-refractivity contribution in [2.75, 3.05) is 25.6 Å². The van der Waals surface area contributed by atoms with Crippen LogP contribution in [0.15, 0.2) is 18.2 Å². The van der Waals surface area contributed by atoms with E-state index in [9.17, 15) is 22.8 Å². The number of hydrogen-bond acceptors (Lipinski definition) is 5. The van der Waals surface area contributed by atoms with Gasteiger partial charge in [-0.15, -0.1) is 0 Å². The number of nitrogens with one attached hydrogen (secondary N) is 1. The Balaban J connectivity index is 2.32. The summed E-state index contributed by atoms with van der Waals surface area (Å²) < 4.78 is 57.6. The SMILES string of the molecule is CCOC(=O)CCCOc1ccc(NC=O)c(C(C#CC2CC2)(OC)C(F)(F)F)c1. The van der Waals surface area contributed by atoms with Crippen molar-refractivity contribution in [1.29, 1.82) is 0 Å². The van der Waals surface area contributed by atoms with Gasteiger partial charge in [0.2, 0.25) is 6.41 Å². The molecule has 1 aromatic rings. The molecular formula is C21H24F3NO5. The molecule has 2 rings (SSSR count). The van der Waals surface area contributed by atoms with Gasteiger partial charge in [0.15, 0.2) is 0 Å². The summed E-state index contributed by atoms with van der Waals surface area (Å²) in [5.74, 6) is 4.53. The lowest BCUT2D eigenvalue weighted by atomic mass is 9.91. The minimum Gasteiger partial charge on any atom is -0.494 e. The lowest BCUT2D eigenvalue weighted by Crippen LogP contribution is -2.43. The second-order valence-electron chi connectivity index (χ2n) is 6.65. The minimum absolute atomic E-state index is 0.0897. The Morgan fingerprint density at radius 1 is 1.33 bits per heavy atom. The van der Waals surface area contributed by atoms with Crippen molar-refractivity contribution in [3.05, 3.63) is 23.8 Å². The summed E-state index contributed by atoms with van der Waals surface area (Å²) in [6.07, 6.45) is -2.64. The van der Waals surface area contributed by atoms with Crippen molar-refractivity contribution >= 4 is 18.1 Å². The zero-order chi connectivity index (χ0) is 22.2. The van der Waals surface area contributed by atoms with Gasteiger partial charge < -0.3 is 19.5 Å². The molecule has 0 saturated heterocycles. The molecule has 1 amide bonds. The Bertz CT molecular complexity index is 811. The number of ether oxygens (including phenoxy) is 3. The molecule has 1 aliphatic carbocycles. The van der Waals surface area contributed by atoms with Gasteiger partial charge in [-0.25, -0.2) is 0 Å². The van der Waals surface area contributed by atoms with E-state index in [1.165, 1.54) is 12.1 Å². The number of alkyl halides is 3. The Kier molecular flexibility index (Phi) is 8.12. The standard InChI is InChI=1S/C21H24F3NO5/c1-3-29-19(27)5-4-12-30-16-8-9-18(25-14-26)17(13-16)20(28-2,21(22,23)24)11-10-15-6-7-15/h8-9,13-15H,3-7,12H2,1-2H3,(H,25,26). The summed E-state index contributed by atoms with van der Waals surface area (Å²) >= 11 is 0. The molecule has 1 N–H and O–H groups in total. The predicted octanol–water partition coefficient (Wildman–Crippen LogP) is 3.79. The van der Waals surface area contributed by atoms with Crippen LogP contribution in [-0.2, 0) is 24.7 Å². The van der Waals surface area contributed by atoms with Gasteiger partial charge in [0, 0.05) is 30.7 Å². The molecule has 6 nitrogen and oxygen atoms in total. The number of carbonyl (C=O) groups excluding carboxylic acids is 2. The van der Waals surface area contributed by atoms with E-state index < -0.39 is 11.8 Å². The third-order valence-corrected chi connectivity index (χ3v) is 4.42. The number of benzene rings is 1. The Morgan fingerprint density at radius 2 is 2.07 bits per heavy atom. The third-order valence-electron chi connectivity index (χ3n) is 4.42. The first-order valence-electron chi connectivity index (χ1n) is 9.55. The van der Waals surface area contributed by atoms with Crippen molar-refractivity contribution in [1.82, 2.24) is 0 Å². The van der Waals surface area contributed by atoms with E-state index in [0.717, 1.165) is 26.0 Å². The average Bonchev–Trinajstić information content (AvgIpc) is 3.51.